The summed E-state index contributed by atoms with van der Waals surface area (Å²) in [6.45, 7) is 1.84. The van der Waals surface area contributed by atoms with E-state index in [-0.39, 0.29) is 12.8 Å². The van der Waals surface area contributed by atoms with E-state index in [4.69, 9.17) is 0 Å². The van der Waals surface area contributed by atoms with Crippen LogP contribution < -0.4 is 15.5 Å². The Morgan fingerprint density at radius 3 is 2.83 bits per heavy atom. The summed E-state index contributed by atoms with van der Waals surface area (Å²) in [5, 5.41) is 5.43. The van der Waals surface area contributed by atoms with Crippen LogP contribution in [0.2, 0.25) is 0 Å². The summed E-state index contributed by atoms with van der Waals surface area (Å²) in [5.41, 5.74) is 0.620. The van der Waals surface area contributed by atoms with Crippen molar-refractivity contribution in [3.63, 3.8) is 0 Å². The number of pyridine rings is 1. The van der Waals surface area contributed by atoms with E-state index in [0.717, 1.165) is 31.7 Å². The lowest BCUT2D eigenvalue weighted by molar-refractivity contribution is -0.0423. The summed E-state index contributed by atoms with van der Waals surface area (Å²) in [6.07, 6.45) is 4.57. The van der Waals surface area contributed by atoms with Gasteiger partial charge in [0.2, 0.25) is 5.92 Å². The third kappa shape index (κ3) is 4.09. The summed E-state index contributed by atoms with van der Waals surface area (Å²) in [5.74, 6) is -1.93. The predicted molar refractivity (Wildman–Crippen MR) is 85.0 cm³/mol. The minimum Gasteiger partial charge on any atom is -0.355 e. The van der Waals surface area contributed by atoms with Gasteiger partial charge in [-0.1, -0.05) is 0 Å². The molecular formula is C16H22F2N4O. The van der Waals surface area contributed by atoms with Gasteiger partial charge in [0.15, 0.2) is 5.82 Å². The molecule has 0 spiro atoms. The Labute approximate surface area is 134 Å². The van der Waals surface area contributed by atoms with Crippen LogP contribution in [0.1, 0.15) is 38.5 Å². The van der Waals surface area contributed by atoms with E-state index in [1.165, 1.54) is 0 Å². The lowest BCUT2D eigenvalue weighted by Gasteiger charge is -2.29. The highest BCUT2D eigenvalue weighted by molar-refractivity contribution is 5.92. The first-order valence-corrected chi connectivity index (χ1v) is 8.19. The van der Waals surface area contributed by atoms with Gasteiger partial charge in [-0.3, -0.25) is 0 Å². The van der Waals surface area contributed by atoms with Gasteiger partial charge in [0, 0.05) is 38.2 Å². The van der Waals surface area contributed by atoms with Crippen LogP contribution in [0.3, 0.4) is 0 Å². The number of anilines is 2. The van der Waals surface area contributed by atoms with Crippen LogP contribution in [0.4, 0.5) is 25.1 Å². The molecule has 2 aliphatic rings. The van der Waals surface area contributed by atoms with Crippen molar-refractivity contribution in [3.8, 4) is 0 Å². The summed E-state index contributed by atoms with van der Waals surface area (Å²) >= 11 is 0. The van der Waals surface area contributed by atoms with Crippen molar-refractivity contribution < 1.29 is 13.6 Å². The van der Waals surface area contributed by atoms with Crippen molar-refractivity contribution >= 4 is 17.5 Å². The van der Waals surface area contributed by atoms with Gasteiger partial charge >= 0.3 is 6.03 Å². The summed E-state index contributed by atoms with van der Waals surface area (Å²) in [6, 6.07) is 2.62. The van der Waals surface area contributed by atoms with E-state index in [9.17, 15) is 13.6 Å². The highest BCUT2D eigenvalue weighted by Crippen LogP contribution is 2.33. The Kier molecular flexibility index (Phi) is 4.63. The molecule has 2 N–H and O–H groups in total. The van der Waals surface area contributed by atoms with Gasteiger partial charge in [-0.15, -0.1) is 0 Å². The zero-order chi connectivity index (χ0) is 16.3. The van der Waals surface area contributed by atoms with Crippen LogP contribution >= 0.6 is 0 Å². The number of carbonyl (C=O) groups is 1. The summed E-state index contributed by atoms with van der Waals surface area (Å²) in [4.78, 5) is 18.6. The molecule has 7 heteroatoms. The normalized spacial score (nSPS) is 23.6. The molecule has 0 aromatic carbocycles. The monoisotopic (exact) mass is 324 g/mol. The predicted octanol–water partition coefficient (Wildman–Crippen LogP) is 3.38. The maximum Gasteiger partial charge on any atom is 0.319 e. The fourth-order valence-corrected chi connectivity index (χ4v) is 3.31. The highest BCUT2D eigenvalue weighted by atomic mass is 19.3. The summed E-state index contributed by atoms with van der Waals surface area (Å²) in [7, 11) is 0. The molecule has 1 saturated heterocycles. The second kappa shape index (κ2) is 6.68. The van der Waals surface area contributed by atoms with Gasteiger partial charge in [-0.05, 0) is 37.8 Å². The average molecular weight is 324 g/mol. The first kappa shape index (κ1) is 16.0. The topological polar surface area (TPSA) is 57.3 Å². The Bertz CT molecular complexity index is 561. The molecule has 1 aliphatic carbocycles. The first-order chi connectivity index (χ1) is 11.0. The number of alkyl halides is 2. The molecule has 0 bridgehead atoms. The third-order valence-electron chi connectivity index (χ3n) is 4.42. The molecule has 1 unspecified atom stereocenters. The van der Waals surface area contributed by atoms with Crippen molar-refractivity contribution in [1.29, 1.82) is 0 Å². The quantitative estimate of drug-likeness (QED) is 0.896. The number of urea groups is 1. The van der Waals surface area contributed by atoms with E-state index in [1.54, 1.807) is 18.3 Å². The standard InChI is InChI=1S/C16H22F2N4O/c17-16(18)7-3-5-12(11-16)20-15(23)21-13-6-4-8-19-14(13)22-9-1-2-10-22/h4,6,8,12H,1-3,5,7,9-11H2,(H2,20,21,23). The smallest absolute Gasteiger partial charge is 0.319 e. The fourth-order valence-electron chi connectivity index (χ4n) is 3.31. The first-order valence-electron chi connectivity index (χ1n) is 8.19. The number of aromatic nitrogens is 1. The maximum atomic E-state index is 13.4. The number of halogens is 2. The summed E-state index contributed by atoms with van der Waals surface area (Å²) < 4.78 is 26.8. The number of amides is 2. The van der Waals surface area contributed by atoms with Gasteiger partial charge in [0.25, 0.3) is 0 Å². The molecule has 1 saturated carbocycles. The molecule has 0 radical (unpaired) electrons. The number of hydrogen-bond acceptors (Lipinski definition) is 3. The van der Waals surface area contributed by atoms with Crippen molar-refractivity contribution in [1.82, 2.24) is 10.3 Å². The molecular weight excluding hydrogens is 302 g/mol. The zero-order valence-electron chi connectivity index (χ0n) is 13.0. The minimum atomic E-state index is -2.68. The van der Waals surface area contributed by atoms with Gasteiger partial charge in [0.1, 0.15) is 0 Å². The second-order valence-corrected chi connectivity index (χ2v) is 6.32. The molecule has 2 amide bonds. The number of rotatable bonds is 3. The Balaban J connectivity index is 1.62. The Morgan fingerprint density at radius 1 is 1.30 bits per heavy atom. The van der Waals surface area contributed by atoms with Crippen LogP contribution in [0.25, 0.3) is 0 Å². The van der Waals surface area contributed by atoms with Crippen molar-refractivity contribution in [2.45, 2.75) is 50.5 Å². The van der Waals surface area contributed by atoms with Crippen LogP contribution in [0.5, 0.6) is 0 Å². The number of carbonyl (C=O) groups excluding carboxylic acids is 1. The molecule has 2 fully saturated rings. The molecule has 1 aliphatic heterocycles. The average Bonchev–Trinajstić information content (AvgIpc) is 3.00. The molecule has 2 heterocycles. The van der Waals surface area contributed by atoms with Gasteiger partial charge in [-0.2, -0.15) is 0 Å². The van der Waals surface area contributed by atoms with Gasteiger partial charge in [-0.25, -0.2) is 18.6 Å². The lowest BCUT2D eigenvalue weighted by atomic mass is 9.92. The van der Waals surface area contributed by atoms with Gasteiger partial charge < -0.3 is 15.5 Å². The Morgan fingerprint density at radius 2 is 2.09 bits per heavy atom. The number of nitrogens with one attached hydrogen (secondary N) is 2. The lowest BCUT2D eigenvalue weighted by Crippen LogP contribution is -2.44. The van der Waals surface area contributed by atoms with Crippen LogP contribution in [0, 0.1) is 0 Å². The molecule has 23 heavy (non-hydrogen) atoms. The molecule has 1 atom stereocenters. The van der Waals surface area contributed by atoms with Crippen molar-refractivity contribution in [2.75, 3.05) is 23.3 Å². The van der Waals surface area contributed by atoms with Crippen molar-refractivity contribution in [3.05, 3.63) is 18.3 Å². The minimum absolute atomic E-state index is 0.0888. The van der Waals surface area contributed by atoms with E-state index < -0.39 is 18.0 Å². The number of nitrogens with zero attached hydrogens (tertiary/aromatic N) is 2. The Hall–Kier alpha value is -1.92. The van der Waals surface area contributed by atoms with E-state index in [0.29, 0.717) is 18.5 Å². The highest BCUT2D eigenvalue weighted by Gasteiger charge is 2.36. The van der Waals surface area contributed by atoms with E-state index >= 15 is 0 Å². The largest absolute Gasteiger partial charge is 0.355 e. The maximum absolute atomic E-state index is 13.4. The van der Waals surface area contributed by atoms with Crippen LogP contribution in [-0.2, 0) is 0 Å². The van der Waals surface area contributed by atoms with Gasteiger partial charge in [0.05, 0.1) is 5.69 Å². The SMILES string of the molecule is O=C(Nc1cccnc1N1CCCC1)NC1CCCC(F)(F)C1. The van der Waals surface area contributed by atoms with Crippen LogP contribution in [0.15, 0.2) is 18.3 Å². The molecule has 1 aromatic rings. The van der Waals surface area contributed by atoms with Crippen molar-refractivity contribution in [2.24, 2.45) is 0 Å². The molecule has 5 nitrogen and oxygen atoms in total. The second-order valence-electron chi connectivity index (χ2n) is 6.32. The molecule has 126 valence electrons. The fraction of sp³-hybridized carbons (Fsp3) is 0.625. The van der Waals surface area contributed by atoms with E-state index in [2.05, 4.69) is 20.5 Å². The molecule has 1 aromatic heterocycles. The number of hydrogen-bond donors (Lipinski definition) is 2. The van der Waals surface area contributed by atoms with Crippen LogP contribution in [-0.4, -0.2) is 36.1 Å². The zero-order valence-corrected chi connectivity index (χ0v) is 13.0. The third-order valence-corrected chi connectivity index (χ3v) is 4.42. The van der Waals surface area contributed by atoms with E-state index in [1.807, 2.05) is 0 Å². The molecule has 3 rings (SSSR count).